The number of rotatable bonds is 3. The summed E-state index contributed by atoms with van der Waals surface area (Å²) in [6, 6.07) is 10.5. The molecule has 6 heteroatoms. The van der Waals surface area contributed by atoms with Gasteiger partial charge in [0.15, 0.2) is 0 Å². The number of nitrogens with zero attached hydrogens (tertiary/aromatic N) is 5. The van der Waals surface area contributed by atoms with Crippen molar-refractivity contribution < 1.29 is 4.79 Å². The quantitative estimate of drug-likeness (QED) is 0.865. The van der Waals surface area contributed by atoms with Gasteiger partial charge in [-0.2, -0.15) is 10.1 Å². The van der Waals surface area contributed by atoms with Crippen LogP contribution >= 0.6 is 0 Å². The molecule has 2 aliphatic heterocycles. The Morgan fingerprint density at radius 2 is 2.00 bits per heavy atom. The highest BCUT2D eigenvalue weighted by Gasteiger charge is 2.33. The van der Waals surface area contributed by atoms with E-state index in [1.165, 1.54) is 5.56 Å². The zero-order valence-electron chi connectivity index (χ0n) is 13.8. The fourth-order valence-electron chi connectivity index (χ4n) is 3.77. The number of piperidine rings is 1. The summed E-state index contributed by atoms with van der Waals surface area (Å²) in [7, 11) is 0. The first-order chi connectivity index (χ1) is 11.8. The Kier molecular flexibility index (Phi) is 4.30. The summed E-state index contributed by atoms with van der Waals surface area (Å²) >= 11 is 0. The molecule has 1 saturated heterocycles. The molecule has 126 valence electrons. The summed E-state index contributed by atoms with van der Waals surface area (Å²) in [5, 5.41) is 4.21. The molecule has 0 N–H and O–H groups in total. The lowest BCUT2D eigenvalue weighted by Gasteiger charge is -2.35. The molecule has 0 unspecified atom stereocenters. The molecule has 1 atom stereocenters. The molecule has 24 heavy (non-hydrogen) atoms. The molecule has 3 heterocycles. The number of benzene rings is 1. The van der Waals surface area contributed by atoms with Crippen molar-refractivity contribution in [2.75, 3.05) is 24.5 Å². The zero-order chi connectivity index (χ0) is 16.4. The van der Waals surface area contributed by atoms with Crippen LogP contribution in [0.3, 0.4) is 0 Å². The van der Waals surface area contributed by atoms with Gasteiger partial charge < -0.3 is 0 Å². The molecule has 0 spiro atoms. The molecule has 2 aromatic rings. The van der Waals surface area contributed by atoms with Crippen molar-refractivity contribution in [3.05, 3.63) is 42.2 Å². The van der Waals surface area contributed by atoms with Gasteiger partial charge in [-0.1, -0.05) is 30.3 Å². The third-order valence-corrected chi connectivity index (χ3v) is 4.96. The Bertz CT molecular complexity index is 698. The summed E-state index contributed by atoms with van der Waals surface area (Å²) in [4.78, 5) is 21.6. The van der Waals surface area contributed by atoms with Crippen molar-refractivity contribution in [3.8, 4) is 0 Å². The summed E-state index contributed by atoms with van der Waals surface area (Å²) in [5.74, 6) is 0.985. The molecule has 0 saturated carbocycles. The van der Waals surface area contributed by atoms with Crippen LogP contribution in [-0.4, -0.2) is 45.2 Å². The van der Waals surface area contributed by atoms with Gasteiger partial charge in [0.2, 0.25) is 11.9 Å². The van der Waals surface area contributed by atoms with Gasteiger partial charge in [-0.15, -0.1) is 0 Å². The number of hydrogen-bond acceptors (Lipinski definition) is 4. The number of carbonyl (C=O) groups is 1. The van der Waals surface area contributed by atoms with E-state index in [-0.39, 0.29) is 11.8 Å². The summed E-state index contributed by atoms with van der Waals surface area (Å²) in [5.41, 5.74) is 1.31. The maximum absolute atomic E-state index is 13.0. The van der Waals surface area contributed by atoms with Gasteiger partial charge in [0.05, 0.1) is 5.92 Å². The summed E-state index contributed by atoms with van der Waals surface area (Å²) in [6.45, 7) is 4.42. The lowest BCUT2D eigenvalue weighted by atomic mass is 9.96. The van der Waals surface area contributed by atoms with Crippen LogP contribution in [0, 0.1) is 5.92 Å². The van der Waals surface area contributed by atoms with Crippen LogP contribution in [0.4, 0.5) is 5.95 Å². The Hall–Kier alpha value is -2.21. The van der Waals surface area contributed by atoms with E-state index < -0.39 is 0 Å². The monoisotopic (exact) mass is 325 g/mol. The highest BCUT2D eigenvalue weighted by molar-refractivity contribution is 5.93. The molecule has 6 nitrogen and oxygen atoms in total. The van der Waals surface area contributed by atoms with Gasteiger partial charge in [0.25, 0.3) is 0 Å². The van der Waals surface area contributed by atoms with E-state index in [4.69, 9.17) is 0 Å². The summed E-state index contributed by atoms with van der Waals surface area (Å²) < 4.78 is 1.84. The topological polar surface area (TPSA) is 54.3 Å². The highest BCUT2D eigenvalue weighted by Crippen LogP contribution is 2.24. The van der Waals surface area contributed by atoms with Crippen molar-refractivity contribution in [2.24, 2.45) is 5.92 Å². The number of aryl methyl sites for hydroxylation is 1. The normalized spacial score (nSPS) is 21.5. The molecule has 1 fully saturated rings. The molecule has 0 radical (unpaired) electrons. The van der Waals surface area contributed by atoms with Gasteiger partial charge in [0, 0.05) is 26.2 Å². The second-order valence-corrected chi connectivity index (χ2v) is 6.69. The van der Waals surface area contributed by atoms with Crippen molar-refractivity contribution in [2.45, 2.75) is 32.4 Å². The molecule has 1 amide bonds. The predicted octanol–water partition coefficient (Wildman–Crippen LogP) is 1.93. The van der Waals surface area contributed by atoms with Crippen LogP contribution in [0.2, 0.25) is 0 Å². The minimum atomic E-state index is 0.0608. The first kappa shape index (κ1) is 15.3. The van der Waals surface area contributed by atoms with E-state index in [9.17, 15) is 4.79 Å². The van der Waals surface area contributed by atoms with Crippen LogP contribution in [0.5, 0.6) is 0 Å². The van der Waals surface area contributed by atoms with Crippen LogP contribution in [0.1, 0.15) is 24.8 Å². The van der Waals surface area contributed by atoms with Crippen molar-refractivity contribution >= 4 is 11.9 Å². The number of anilines is 1. The van der Waals surface area contributed by atoms with Gasteiger partial charge >= 0.3 is 0 Å². The van der Waals surface area contributed by atoms with Crippen LogP contribution in [-0.2, 0) is 17.9 Å². The smallest absolute Gasteiger partial charge is 0.233 e. The Morgan fingerprint density at radius 1 is 1.12 bits per heavy atom. The van der Waals surface area contributed by atoms with E-state index in [1.54, 1.807) is 6.33 Å². The largest absolute Gasteiger partial charge is 0.298 e. The first-order valence-corrected chi connectivity index (χ1v) is 8.77. The van der Waals surface area contributed by atoms with Crippen molar-refractivity contribution in [1.82, 2.24) is 19.7 Å². The fourth-order valence-corrected chi connectivity index (χ4v) is 3.77. The number of hydrogen-bond donors (Lipinski definition) is 0. The number of amides is 1. The third kappa shape index (κ3) is 3.06. The lowest BCUT2D eigenvalue weighted by Crippen LogP contribution is -2.47. The minimum Gasteiger partial charge on any atom is -0.298 e. The average molecular weight is 325 g/mol. The molecule has 1 aromatic heterocycles. The molecule has 0 bridgehead atoms. The maximum atomic E-state index is 13.0. The summed E-state index contributed by atoms with van der Waals surface area (Å²) in [6.07, 6.45) is 4.53. The van der Waals surface area contributed by atoms with Gasteiger partial charge in [-0.3, -0.25) is 14.6 Å². The van der Waals surface area contributed by atoms with E-state index in [1.807, 2.05) is 15.6 Å². The Labute approximate surface area is 142 Å². The third-order valence-electron chi connectivity index (χ3n) is 4.96. The van der Waals surface area contributed by atoms with Crippen molar-refractivity contribution in [1.29, 1.82) is 0 Å². The van der Waals surface area contributed by atoms with E-state index >= 15 is 0 Å². The Morgan fingerprint density at radius 3 is 2.88 bits per heavy atom. The highest BCUT2D eigenvalue weighted by atomic mass is 16.2. The van der Waals surface area contributed by atoms with Gasteiger partial charge in [-0.05, 0) is 31.4 Å². The Balaban J connectivity index is 1.44. The van der Waals surface area contributed by atoms with Gasteiger partial charge in [0.1, 0.15) is 6.33 Å². The van der Waals surface area contributed by atoms with E-state index in [0.29, 0.717) is 5.95 Å². The number of carbonyl (C=O) groups excluding carboxylic acids is 1. The molecule has 1 aromatic carbocycles. The lowest BCUT2D eigenvalue weighted by molar-refractivity contribution is -0.124. The van der Waals surface area contributed by atoms with Crippen LogP contribution in [0.25, 0.3) is 0 Å². The number of likely N-dealkylation sites (tertiary alicyclic amines) is 1. The van der Waals surface area contributed by atoms with Gasteiger partial charge in [-0.25, -0.2) is 4.68 Å². The molecular weight excluding hydrogens is 302 g/mol. The number of aromatic nitrogens is 3. The van der Waals surface area contributed by atoms with E-state index in [0.717, 1.165) is 52.0 Å². The molecular formula is C18H23N5O. The molecule has 4 rings (SSSR count). The van der Waals surface area contributed by atoms with Crippen molar-refractivity contribution in [3.63, 3.8) is 0 Å². The maximum Gasteiger partial charge on any atom is 0.233 e. The fraction of sp³-hybridized carbons (Fsp3) is 0.500. The zero-order valence-corrected chi connectivity index (χ0v) is 13.8. The van der Waals surface area contributed by atoms with E-state index in [2.05, 4.69) is 39.2 Å². The molecule has 2 aliphatic rings. The van der Waals surface area contributed by atoms with Crippen LogP contribution in [0.15, 0.2) is 36.7 Å². The standard InChI is InChI=1S/C18H23N5O/c24-17(22-10-5-11-23-18(22)19-14-20-23)16-8-4-9-21(13-16)12-15-6-2-1-3-7-15/h1-3,6-7,14,16H,4-5,8-13H2/t16-/m0/s1. The SMILES string of the molecule is O=C([C@H]1CCCN(Cc2ccccc2)C1)N1CCCn2ncnc21. The second kappa shape index (κ2) is 6.73. The number of fused-ring (bicyclic) bond motifs is 1. The second-order valence-electron chi connectivity index (χ2n) is 6.69. The average Bonchev–Trinajstić information content (AvgIpc) is 3.11. The minimum absolute atomic E-state index is 0.0608. The molecule has 0 aliphatic carbocycles. The first-order valence-electron chi connectivity index (χ1n) is 8.77. The van der Waals surface area contributed by atoms with Crippen LogP contribution < -0.4 is 4.90 Å². The predicted molar refractivity (Wildman–Crippen MR) is 91.4 cm³/mol.